The number of benzene rings is 1. The number of hydrogen-bond acceptors (Lipinski definition) is 4. The minimum absolute atomic E-state index is 0.0876. The van der Waals surface area contributed by atoms with Gasteiger partial charge in [-0.15, -0.1) is 0 Å². The molecule has 0 bridgehead atoms. The molecule has 0 saturated heterocycles. The second-order valence-corrected chi connectivity index (χ2v) is 5.15. The van der Waals surface area contributed by atoms with Gasteiger partial charge in [0, 0.05) is 6.04 Å². The molecule has 1 rings (SSSR count). The summed E-state index contributed by atoms with van der Waals surface area (Å²) in [5.74, 6) is -0.778. The van der Waals surface area contributed by atoms with Gasteiger partial charge in [-0.25, -0.2) is 9.18 Å². The Morgan fingerprint density at radius 2 is 2.10 bits per heavy atom. The fourth-order valence-corrected chi connectivity index (χ4v) is 2.11. The second kappa shape index (κ2) is 7.41. The number of ether oxygens (including phenoxy) is 2. The average molecular weight is 297 g/mol. The molecule has 1 aromatic carbocycles. The molecule has 0 fully saturated rings. The van der Waals surface area contributed by atoms with Crippen molar-refractivity contribution < 1.29 is 18.7 Å². The van der Waals surface area contributed by atoms with E-state index in [1.807, 2.05) is 13.8 Å². The fraction of sp³-hybridized carbons (Fsp3) is 0.562. The van der Waals surface area contributed by atoms with Gasteiger partial charge in [0.25, 0.3) is 0 Å². The molecule has 118 valence electrons. The Balaban J connectivity index is 3.22. The molecule has 0 saturated carbocycles. The molecule has 0 spiro atoms. The Labute approximate surface area is 125 Å². The molecule has 0 radical (unpaired) electrons. The number of carbonyl (C=O) groups is 1. The zero-order valence-corrected chi connectivity index (χ0v) is 13.3. The van der Waals surface area contributed by atoms with E-state index in [1.165, 1.54) is 19.2 Å². The SMILES string of the molecule is CCOC(=O)C(C)(NC(C)CC)c1ccc(OC)c(F)c1. The van der Waals surface area contributed by atoms with Gasteiger partial charge in [0.15, 0.2) is 11.6 Å². The molecule has 21 heavy (non-hydrogen) atoms. The summed E-state index contributed by atoms with van der Waals surface area (Å²) in [4.78, 5) is 12.3. The first kappa shape index (κ1) is 17.4. The maximum Gasteiger partial charge on any atom is 0.330 e. The first-order valence-corrected chi connectivity index (χ1v) is 7.17. The van der Waals surface area contributed by atoms with E-state index in [2.05, 4.69) is 5.32 Å². The molecular weight excluding hydrogens is 273 g/mol. The maximum atomic E-state index is 13.9. The van der Waals surface area contributed by atoms with Crippen molar-refractivity contribution in [1.82, 2.24) is 5.32 Å². The van der Waals surface area contributed by atoms with Crippen LogP contribution >= 0.6 is 0 Å². The average Bonchev–Trinajstić information content (AvgIpc) is 2.46. The standard InChI is InChI=1S/C16H24FNO3/c1-6-11(3)18-16(4,15(19)21-7-2)12-8-9-14(20-5)13(17)10-12/h8-11,18H,6-7H2,1-5H3. The van der Waals surface area contributed by atoms with Gasteiger partial charge in [-0.2, -0.15) is 0 Å². The molecule has 1 aromatic rings. The summed E-state index contributed by atoms with van der Waals surface area (Å²) in [6.45, 7) is 7.71. The lowest BCUT2D eigenvalue weighted by atomic mass is 9.90. The van der Waals surface area contributed by atoms with Crippen LogP contribution in [0.3, 0.4) is 0 Å². The number of halogens is 1. The topological polar surface area (TPSA) is 47.6 Å². The van der Waals surface area contributed by atoms with Crippen LogP contribution in [0.4, 0.5) is 4.39 Å². The largest absolute Gasteiger partial charge is 0.494 e. The van der Waals surface area contributed by atoms with Crippen molar-refractivity contribution in [3.8, 4) is 5.75 Å². The quantitative estimate of drug-likeness (QED) is 0.786. The van der Waals surface area contributed by atoms with Gasteiger partial charge >= 0.3 is 5.97 Å². The van der Waals surface area contributed by atoms with E-state index in [9.17, 15) is 9.18 Å². The van der Waals surface area contributed by atoms with Crippen LogP contribution in [0, 0.1) is 5.82 Å². The highest BCUT2D eigenvalue weighted by Gasteiger charge is 2.38. The van der Waals surface area contributed by atoms with Crippen molar-refractivity contribution in [2.45, 2.75) is 45.7 Å². The van der Waals surface area contributed by atoms with Gasteiger partial charge in [-0.05, 0) is 44.9 Å². The third kappa shape index (κ3) is 3.94. The van der Waals surface area contributed by atoms with E-state index in [0.29, 0.717) is 5.56 Å². The third-order valence-corrected chi connectivity index (χ3v) is 3.56. The highest BCUT2D eigenvalue weighted by Crippen LogP contribution is 2.28. The Bertz CT molecular complexity index is 492. The fourth-order valence-electron chi connectivity index (χ4n) is 2.11. The van der Waals surface area contributed by atoms with Gasteiger partial charge in [-0.1, -0.05) is 13.0 Å². The number of carbonyl (C=O) groups excluding carboxylic acids is 1. The lowest BCUT2D eigenvalue weighted by Gasteiger charge is -2.32. The van der Waals surface area contributed by atoms with Crippen molar-refractivity contribution >= 4 is 5.97 Å². The van der Waals surface area contributed by atoms with E-state index in [1.54, 1.807) is 19.9 Å². The Morgan fingerprint density at radius 3 is 2.57 bits per heavy atom. The number of hydrogen-bond donors (Lipinski definition) is 1. The molecule has 2 atom stereocenters. The zero-order valence-electron chi connectivity index (χ0n) is 13.3. The van der Waals surface area contributed by atoms with Crippen molar-refractivity contribution in [3.63, 3.8) is 0 Å². The smallest absolute Gasteiger partial charge is 0.330 e. The van der Waals surface area contributed by atoms with Gasteiger partial charge in [0.2, 0.25) is 0 Å². The van der Waals surface area contributed by atoms with Gasteiger partial charge < -0.3 is 9.47 Å². The molecule has 0 amide bonds. The number of rotatable bonds is 7. The molecule has 4 nitrogen and oxygen atoms in total. The molecule has 0 heterocycles. The van der Waals surface area contributed by atoms with E-state index < -0.39 is 17.3 Å². The van der Waals surface area contributed by atoms with Crippen LogP contribution in [0.5, 0.6) is 5.75 Å². The minimum Gasteiger partial charge on any atom is -0.494 e. The van der Waals surface area contributed by atoms with Gasteiger partial charge in [0.05, 0.1) is 13.7 Å². The number of methoxy groups -OCH3 is 1. The predicted molar refractivity (Wildman–Crippen MR) is 79.8 cm³/mol. The Kier molecular flexibility index (Phi) is 6.15. The summed E-state index contributed by atoms with van der Waals surface area (Å²) in [6.07, 6.45) is 0.841. The Hall–Kier alpha value is -1.62. The van der Waals surface area contributed by atoms with E-state index in [4.69, 9.17) is 9.47 Å². The first-order chi connectivity index (χ1) is 9.88. The predicted octanol–water partition coefficient (Wildman–Crippen LogP) is 3.00. The number of nitrogens with one attached hydrogen (secondary N) is 1. The van der Waals surface area contributed by atoms with Crippen molar-refractivity contribution in [2.75, 3.05) is 13.7 Å². The van der Waals surface area contributed by atoms with Crippen LogP contribution in [0.2, 0.25) is 0 Å². The summed E-state index contributed by atoms with van der Waals surface area (Å²) in [7, 11) is 1.40. The minimum atomic E-state index is -1.10. The highest BCUT2D eigenvalue weighted by molar-refractivity contribution is 5.82. The summed E-state index contributed by atoms with van der Waals surface area (Å²) in [6, 6.07) is 4.59. The molecule has 2 unspecified atom stereocenters. The molecular formula is C16H24FNO3. The molecule has 0 aliphatic rings. The van der Waals surface area contributed by atoms with E-state index >= 15 is 0 Å². The lowest BCUT2D eigenvalue weighted by Crippen LogP contribution is -2.51. The van der Waals surface area contributed by atoms with Crippen LogP contribution in [-0.2, 0) is 15.1 Å². The summed E-state index contributed by atoms with van der Waals surface area (Å²) in [5, 5.41) is 3.23. The highest BCUT2D eigenvalue weighted by atomic mass is 19.1. The normalized spacial score (nSPS) is 15.1. The van der Waals surface area contributed by atoms with E-state index in [0.717, 1.165) is 6.42 Å². The van der Waals surface area contributed by atoms with Crippen LogP contribution in [0.25, 0.3) is 0 Å². The molecule has 0 aromatic heterocycles. The van der Waals surface area contributed by atoms with Crippen molar-refractivity contribution in [2.24, 2.45) is 0 Å². The van der Waals surface area contributed by atoms with Crippen LogP contribution < -0.4 is 10.1 Å². The first-order valence-electron chi connectivity index (χ1n) is 7.17. The monoisotopic (exact) mass is 297 g/mol. The molecule has 1 N–H and O–H groups in total. The van der Waals surface area contributed by atoms with Gasteiger partial charge in [0.1, 0.15) is 5.54 Å². The number of esters is 1. The Morgan fingerprint density at radius 1 is 1.43 bits per heavy atom. The zero-order chi connectivity index (χ0) is 16.0. The van der Waals surface area contributed by atoms with Crippen molar-refractivity contribution in [1.29, 1.82) is 0 Å². The second-order valence-electron chi connectivity index (χ2n) is 5.15. The third-order valence-electron chi connectivity index (χ3n) is 3.56. The summed E-state index contributed by atoms with van der Waals surface area (Å²) in [5.41, 5.74) is -0.585. The van der Waals surface area contributed by atoms with Crippen LogP contribution in [0.15, 0.2) is 18.2 Å². The van der Waals surface area contributed by atoms with Crippen LogP contribution in [-0.4, -0.2) is 25.7 Å². The lowest BCUT2D eigenvalue weighted by molar-refractivity contribution is -0.151. The summed E-state index contributed by atoms with van der Waals surface area (Å²) >= 11 is 0. The molecule has 0 aliphatic carbocycles. The van der Waals surface area contributed by atoms with Crippen molar-refractivity contribution in [3.05, 3.63) is 29.6 Å². The van der Waals surface area contributed by atoms with E-state index in [-0.39, 0.29) is 18.4 Å². The molecule has 0 aliphatic heterocycles. The van der Waals surface area contributed by atoms with Crippen LogP contribution in [0.1, 0.15) is 39.7 Å². The molecule has 5 heteroatoms. The summed E-state index contributed by atoms with van der Waals surface area (Å²) < 4.78 is 24.0. The van der Waals surface area contributed by atoms with Gasteiger partial charge in [-0.3, -0.25) is 5.32 Å². The maximum absolute atomic E-state index is 13.9.